The van der Waals surface area contributed by atoms with Crippen molar-refractivity contribution in [2.45, 2.75) is 19.9 Å². The normalized spacial score (nSPS) is 12.1. The minimum Gasteiger partial charge on any atom is -0.286 e. The third kappa shape index (κ3) is 3.02. The van der Waals surface area contributed by atoms with Crippen LogP contribution in [0, 0.1) is 6.92 Å². The minimum atomic E-state index is -3.85. The summed E-state index contributed by atoms with van der Waals surface area (Å²) in [6, 6.07) is 8.08. The summed E-state index contributed by atoms with van der Waals surface area (Å²) in [5.74, 6) is -0.187. The maximum Gasteiger partial charge on any atom is 0.265 e. The molecule has 0 aliphatic heterocycles. The number of nitrogens with zero attached hydrogens (tertiary/aromatic N) is 1. The molecule has 0 radical (unpaired) electrons. The Balaban J connectivity index is 2.17. The summed E-state index contributed by atoms with van der Waals surface area (Å²) in [6.07, 6.45) is 0.428. The Bertz CT molecular complexity index is 631. The van der Waals surface area contributed by atoms with E-state index in [0.717, 1.165) is 5.69 Å². The van der Waals surface area contributed by atoms with Gasteiger partial charge in [-0.05, 0) is 12.1 Å². The lowest BCUT2D eigenvalue weighted by molar-refractivity contribution is -0.634. The van der Waals surface area contributed by atoms with Crippen LogP contribution in [0.25, 0.3) is 10.1 Å². The Labute approximate surface area is 104 Å². The smallest absolute Gasteiger partial charge is 0.265 e. The minimum absolute atomic E-state index is 0.187. The molecule has 0 saturated carbocycles. The van der Waals surface area contributed by atoms with Crippen LogP contribution in [0.5, 0.6) is 0 Å². The molecule has 1 N–H and O–H groups in total. The van der Waals surface area contributed by atoms with Gasteiger partial charge in [-0.1, -0.05) is 12.1 Å². The fourth-order valence-electron chi connectivity index (χ4n) is 1.77. The zero-order valence-electron chi connectivity index (χ0n) is 9.46. The highest BCUT2D eigenvalue weighted by molar-refractivity contribution is 7.85. The summed E-state index contributed by atoms with van der Waals surface area (Å²) >= 11 is 1.61. The van der Waals surface area contributed by atoms with Crippen LogP contribution >= 0.6 is 11.5 Å². The summed E-state index contributed by atoms with van der Waals surface area (Å²) in [4.78, 5) is 0. The Morgan fingerprint density at radius 1 is 1.35 bits per heavy atom. The zero-order valence-corrected chi connectivity index (χ0v) is 11.1. The van der Waals surface area contributed by atoms with Crippen LogP contribution < -0.4 is 3.96 Å². The second-order valence-corrected chi connectivity index (χ2v) is 6.55. The first kappa shape index (κ1) is 12.5. The molecule has 0 bridgehead atoms. The molecule has 4 nitrogen and oxygen atoms in total. The number of aromatic nitrogens is 1. The van der Waals surface area contributed by atoms with Crippen molar-refractivity contribution in [2.75, 3.05) is 5.75 Å². The number of hydrogen-bond acceptors (Lipinski definition) is 3. The van der Waals surface area contributed by atoms with Crippen LogP contribution in [0.2, 0.25) is 0 Å². The highest BCUT2D eigenvalue weighted by Gasteiger charge is 2.16. The summed E-state index contributed by atoms with van der Waals surface area (Å²) in [7, 11) is -3.85. The Kier molecular flexibility index (Phi) is 3.46. The first-order valence-electron chi connectivity index (χ1n) is 5.31. The highest BCUT2D eigenvalue weighted by Crippen LogP contribution is 2.19. The van der Waals surface area contributed by atoms with Crippen molar-refractivity contribution >= 4 is 31.7 Å². The maximum absolute atomic E-state index is 10.6. The number of fused-ring (bicyclic) bond motifs is 1. The van der Waals surface area contributed by atoms with Crippen molar-refractivity contribution in [3.8, 4) is 0 Å². The van der Waals surface area contributed by atoms with Gasteiger partial charge in [-0.15, -0.1) is 3.96 Å². The van der Waals surface area contributed by atoms with E-state index >= 15 is 0 Å². The van der Waals surface area contributed by atoms with E-state index in [4.69, 9.17) is 4.55 Å². The van der Waals surface area contributed by atoms with Crippen molar-refractivity contribution < 1.29 is 16.9 Å². The molecule has 0 fully saturated rings. The second-order valence-electron chi connectivity index (χ2n) is 3.91. The van der Waals surface area contributed by atoms with Crippen LogP contribution in [0.3, 0.4) is 0 Å². The molecule has 0 saturated heterocycles. The molecule has 0 unspecified atom stereocenters. The quantitative estimate of drug-likeness (QED) is 0.681. The maximum atomic E-state index is 10.6. The van der Waals surface area contributed by atoms with Gasteiger partial charge in [0.2, 0.25) is 5.69 Å². The largest absolute Gasteiger partial charge is 0.286 e. The van der Waals surface area contributed by atoms with E-state index < -0.39 is 10.1 Å². The van der Waals surface area contributed by atoms with Gasteiger partial charge in [-0.25, -0.2) is 0 Å². The predicted octanol–water partition coefficient (Wildman–Crippen LogP) is 1.78. The Morgan fingerprint density at radius 2 is 2.06 bits per heavy atom. The van der Waals surface area contributed by atoms with Gasteiger partial charge in [-0.2, -0.15) is 8.42 Å². The molecule has 1 aromatic carbocycles. The zero-order chi connectivity index (χ0) is 12.5. The SMILES string of the molecule is Cc1c2ccccc2s[n+]1CCCS(=O)(=O)O. The van der Waals surface area contributed by atoms with Crippen LogP contribution in [0.1, 0.15) is 12.1 Å². The van der Waals surface area contributed by atoms with Crippen LogP contribution in [0.15, 0.2) is 24.3 Å². The number of rotatable bonds is 4. The fourth-order valence-corrected chi connectivity index (χ4v) is 3.41. The first-order chi connectivity index (χ1) is 7.97. The Hall–Kier alpha value is -0.980. The van der Waals surface area contributed by atoms with Crippen LogP contribution in [-0.4, -0.2) is 18.7 Å². The molecule has 1 aromatic heterocycles. The highest BCUT2D eigenvalue weighted by atomic mass is 32.2. The predicted molar refractivity (Wildman–Crippen MR) is 67.8 cm³/mol. The molecule has 0 amide bonds. The van der Waals surface area contributed by atoms with Crippen molar-refractivity contribution in [3.05, 3.63) is 30.0 Å². The summed E-state index contributed by atoms with van der Waals surface area (Å²) in [5, 5.41) is 1.20. The van der Waals surface area contributed by atoms with Gasteiger partial charge < -0.3 is 0 Å². The van der Waals surface area contributed by atoms with Gasteiger partial charge >= 0.3 is 0 Å². The van der Waals surface area contributed by atoms with Gasteiger partial charge in [0.25, 0.3) is 10.1 Å². The number of hydrogen-bond donors (Lipinski definition) is 1. The lowest BCUT2D eigenvalue weighted by Gasteiger charge is -1.93. The molecule has 0 aliphatic rings. The van der Waals surface area contributed by atoms with Gasteiger partial charge in [0.05, 0.1) is 11.1 Å². The molecule has 17 heavy (non-hydrogen) atoms. The van der Waals surface area contributed by atoms with Gasteiger partial charge in [0.1, 0.15) is 16.2 Å². The van der Waals surface area contributed by atoms with E-state index in [1.165, 1.54) is 10.1 Å². The average Bonchev–Trinajstić information content (AvgIpc) is 2.55. The standard InChI is InChI=1S/C11H13NO3S2/c1-9-10-5-2-3-6-11(10)16-12(9)7-4-8-17(13,14)15/h2-3,5-6H,4,7-8H2,1H3/p+1. The topological polar surface area (TPSA) is 58.2 Å². The number of benzene rings is 1. The Morgan fingerprint density at radius 3 is 2.71 bits per heavy atom. The molecule has 92 valence electrons. The molecular weight excluding hydrogens is 258 g/mol. The summed E-state index contributed by atoms with van der Waals surface area (Å²) in [5.41, 5.74) is 1.14. The van der Waals surface area contributed by atoms with Gasteiger partial charge in [0, 0.05) is 13.3 Å². The number of aryl methyl sites for hydroxylation is 2. The molecule has 6 heteroatoms. The van der Waals surface area contributed by atoms with E-state index in [2.05, 4.69) is 10.0 Å². The fraction of sp³-hybridized carbons (Fsp3) is 0.364. The van der Waals surface area contributed by atoms with Crippen LogP contribution in [0.4, 0.5) is 0 Å². The van der Waals surface area contributed by atoms with Crippen molar-refractivity contribution in [1.29, 1.82) is 0 Å². The molecule has 2 rings (SSSR count). The molecule has 1 heterocycles. The van der Waals surface area contributed by atoms with Crippen LogP contribution in [-0.2, 0) is 16.7 Å². The second kappa shape index (κ2) is 4.72. The van der Waals surface area contributed by atoms with Crippen molar-refractivity contribution in [1.82, 2.24) is 0 Å². The monoisotopic (exact) mass is 272 g/mol. The lowest BCUT2D eigenvalue weighted by Crippen LogP contribution is -2.32. The third-order valence-electron chi connectivity index (χ3n) is 2.62. The first-order valence-corrected chi connectivity index (χ1v) is 7.69. The van der Waals surface area contributed by atoms with E-state index in [1.54, 1.807) is 11.5 Å². The van der Waals surface area contributed by atoms with Crippen molar-refractivity contribution in [2.24, 2.45) is 0 Å². The average molecular weight is 272 g/mol. The van der Waals surface area contributed by atoms with Crippen molar-refractivity contribution in [3.63, 3.8) is 0 Å². The van der Waals surface area contributed by atoms with E-state index in [9.17, 15) is 8.42 Å². The molecular formula is C11H14NO3S2+. The molecule has 2 aromatic rings. The molecule has 0 aliphatic carbocycles. The molecule has 0 atom stereocenters. The molecule has 0 spiro atoms. The van der Waals surface area contributed by atoms with E-state index in [-0.39, 0.29) is 5.75 Å². The lowest BCUT2D eigenvalue weighted by atomic mass is 10.2. The van der Waals surface area contributed by atoms with E-state index in [0.29, 0.717) is 13.0 Å². The van der Waals surface area contributed by atoms with Gasteiger partial charge in [0.15, 0.2) is 6.54 Å². The van der Waals surface area contributed by atoms with Gasteiger partial charge in [-0.3, -0.25) is 4.55 Å². The summed E-state index contributed by atoms with van der Waals surface area (Å²) in [6.45, 7) is 2.64. The third-order valence-corrected chi connectivity index (χ3v) is 4.66. The van der Waals surface area contributed by atoms with E-state index in [1.807, 2.05) is 25.1 Å². The summed E-state index contributed by atoms with van der Waals surface area (Å²) < 4.78 is 33.2.